The van der Waals surface area contributed by atoms with Crippen LogP contribution in [0.5, 0.6) is 0 Å². The number of aromatic nitrogens is 1. The van der Waals surface area contributed by atoms with Crippen LogP contribution in [0, 0.1) is 0 Å². The van der Waals surface area contributed by atoms with Crippen LogP contribution in [0.15, 0.2) is 24.5 Å². The van der Waals surface area contributed by atoms with Gasteiger partial charge in [0.25, 0.3) is 0 Å². The lowest BCUT2D eigenvalue weighted by molar-refractivity contribution is 0.301. The molecule has 0 aromatic carbocycles. The molecule has 5 heteroatoms. The first-order chi connectivity index (χ1) is 9.45. The van der Waals surface area contributed by atoms with Crippen LogP contribution in [0.3, 0.4) is 0 Å². The number of hydrogen-bond donors (Lipinski definition) is 0. The first-order valence-electron chi connectivity index (χ1n) is 6.79. The second-order valence-corrected chi connectivity index (χ2v) is 8.14. The third kappa shape index (κ3) is 6.93. The molecule has 1 aliphatic rings. The molecule has 1 aromatic heterocycles. The van der Waals surface area contributed by atoms with E-state index in [-0.39, 0.29) is 0 Å². The molecule has 106 valence electrons. The number of hydrogen-bond acceptors (Lipinski definition) is 5. The molecular formula is C14H22N2S3. The molecule has 0 bridgehead atoms. The Kier molecular flexibility index (Phi) is 8.16. The van der Waals surface area contributed by atoms with Crippen molar-refractivity contribution in [2.24, 2.45) is 0 Å². The highest BCUT2D eigenvalue weighted by Gasteiger charge is 2.07. The minimum absolute atomic E-state index is 1.07. The minimum Gasteiger partial charge on any atom is -0.297 e. The molecule has 0 aliphatic carbocycles. The monoisotopic (exact) mass is 314 g/mol. The van der Waals surface area contributed by atoms with Crippen LogP contribution in [-0.4, -0.2) is 57.5 Å². The van der Waals surface area contributed by atoms with Crippen molar-refractivity contribution >= 4 is 35.3 Å². The van der Waals surface area contributed by atoms with Crippen LogP contribution >= 0.6 is 35.3 Å². The third-order valence-corrected chi connectivity index (χ3v) is 6.43. The van der Waals surface area contributed by atoms with Crippen LogP contribution in [0.1, 0.15) is 5.56 Å². The minimum atomic E-state index is 1.07. The van der Waals surface area contributed by atoms with Crippen LogP contribution in [0.25, 0.3) is 0 Å². The highest BCUT2D eigenvalue weighted by Crippen LogP contribution is 2.14. The summed E-state index contributed by atoms with van der Waals surface area (Å²) in [5.74, 6) is 7.76. The van der Waals surface area contributed by atoms with Gasteiger partial charge in [-0.25, -0.2) is 0 Å². The Morgan fingerprint density at radius 1 is 0.842 bits per heavy atom. The molecule has 0 saturated carbocycles. The first kappa shape index (κ1) is 15.5. The Hall–Kier alpha value is 0.160. The summed E-state index contributed by atoms with van der Waals surface area (Å²) in [6, 6.07) is 4.26. The second kappa shape index (κ2) is 9.97. The molecule has 2 rings (SSSR count). The second-order valence-electron chi connectivity index (χ2n) is 4.47. The lowest BCUT2D eigenvalue weighted by atomic mass is 10.2. The van der Waals surface area contributed by atoms with E-state index in [1.54, 1.807) is 0 Å². The fourth-order valence-electron chi connectivity index (χ4n) is 1.95. The maximum atomic E-state index is 4.09. The molecule has 1 aliphatic heterocycles. The van der Waals surface area contributed by atoms with Crippen molar-refractivity contribution in [3.63, 3.8) is 0 Å². The Bertz CT molecular complexity index is 323. The summed E-state index contributed by atoms with van der Waals surface area (Å²) in [5, 5.41) is 0. The predicted molar refractivity (Wildman–Crippen MR) is 91.5 cm³/mol. The number of rotatable bonds is 2. The van der Waals surface area contributed by atoms with Crippen molar-refractivity contribution in [3.8, 4) is 0 Å². The molecule has 1 saturated heterocycles. The standard InChI is InChI=1S/C14H22N2S3/c1-3-15-4-2-14(1)13-16-5-7-17-9-11-19-12-10-18-8-6-16/h1-4H,5-13H2. The van der Waals surface area contributed by atoms with Gasteiger partial charge in [-0.15, -0.1) is 0 Å². The van der Waals surface area contributed by atoms with Gasteiger partial charge in [0.05, 0.1) is 0 Å². The molecule has 0 N–H and O–H groups in total. The molecular weight excluding hydrogens is 292 g/mol. The van der Waals surface area contributed by atoms with Crippen molar-refractivity contribution < 1.29 is 0 Å². The van der Waals surface area contributed by atoms with Gasteiger partial charge in [0.15, 0.2) is 0 Å². The van der Waals surface area contributed by atoms with E-state index in [0.29, 0.717) is 0 Å². The van der Waals surface area contributed by atoms with Crippen LogP contribution < -0.4 is 0 Å². The zero-order valence-electron chi connectivity index (χ0n) is 11.3. The van der Waals surface area contributed by atoms with Crippen molar-refractivity contribution in [2.45, 2.75) is 6.54 Å². The zero-order chi connectivity index (χ0) is 13.2. The highest BCUT2D eigenvalue weighted by molar-refractivity contribution is 8.04. The van der Waals surface area contributed by atoms with Gasteiger partial charge in [0.1, 0.15) is 0 Å². The summed E-state index contributed by atoms with van der Waals surface area (Å²) in [6.07, 6.45) is 3.79. The van der Waals surface area contributed by atoms with E-state index >= 15 is 0 Å². The highest BCUT2D eigenvalue weighted by atomic mass is 32.2. The average Bonchev–Trinajstić information content (AvgIpc) is 2.43. The molecule has 0 amide bonds. The van der Waals surface area contributed by atoms with Crippen LogP contribution in [0.2, 0.25) is 0 Å². The van der Waals surface area contributed by atoms with E-state index < -0.39 is 0 Å². The Balaban J connectivity index is 1.81. The topological polar surface area (TPSA) is 16.1 Å². The summed E-state index contributed by atoms with van der Waals surface area (Å²) in [5.41, 5.74) is 1.38. The largest absolute Gasteiger partial charge is 0.297 e. The fraction of sp³-hybridized carbons (Fsp3) is 0.643. The average molecular weight is 315 g/mol. The van der Waals surface area contributed by atoms with Crippen molar-refractivity contribution in [3.05, 3.63) is 30.1 Å². The van der Waals surface area contributed by atoms with E-state index in [1.165, 1.54) is 53.2 Å². The summed E-state index contributed by atoms with van der Waals surface area (Å²) in [7, 11) is 0. The molecule has 0 spiro atoms. The molecule has 1 aromatic rings. The molecule has 19 heavy (non-hydrogen) atoms. The number of pyridine rings is 1. The van der Waals surface area contributed by atoms with Crippen molar-refractivity contribution in [1.29, 1.82) is 0 Å². The maximum Gasteiger partial charge on any atom is 0.0271 e. The Labute approximate surface area is 129 Å². The van der Waals surface area contributed by atoms with Gasteiger partial charge in [0, 0.05) is 66.5 Å². The Morgan fingerprint density at radius 2 is 1.37 bits per heavy atom. The summed E-state index contributed by atoms with van der Waals surface area (Å²) in [4.78, 5) is 6.68. The lowest BCUT2D eigenvalue weighted by Gasteiger charge is -2.22. The summed E-state index contributed by atoms with van der Waals surface area (Å²) in [6.45, 7) is 3.48. The molecule has 1 fully saturated rings. The molecule has 2 nitrogen and oxygen atoms in total. The van der Waals surface area contributed by atoms with Crippen molar-refractivity contribution in [2.75, 3.05) is 47.6 Å². The van der Waals surface area contributed by atoms with Gasteiger partial charge in [-0.05, 0) is 17.7 Å². The van der Waals surface area contributed by atoms with Gasteiger partial charge < -0.3 is 0 Å². The van der Waals surface area contributed by atoms with Gasteiger partial charge >= 0.3 is 0 Å². The van der Waals surface area contributed by atoms with E-state index in [0.717, 1.165) is 6.54 Å². The third-order valence-electron chi connectivity index (χ3n) is 3.00. The van der Waals surface area contributed by atoms with E-state index in [1.807, 2.05) is 12.4 Å². The molecule has 2 heterocycles. The SMILES string of the molecule is c1cc(CN2CCSCCSCCSCC2)ccn1. The lowest BCUT2D eigenvalue weighted by Crippen LogP contribution is -2.28. The first-order valence-corrected chi connectivity index (χ1v) is 10.3. The smallest absolute Gasteiger partial charge is 0.0271 e. The van der Waals surface area contributed by atoms with Crippen LogP contribution in [-0.2, 0) is 6.54 Å². The zero-order valence-corrected chi connectivity index (χ0v) is 13.7. The Morgan fingerprint density at radius 3 is 1.95 bits per heavy atom. The van der Waals surface area contributed by atoms with Gasteiger partial charge in [-0.1, -0.05) is 0 Å². The van der Waals surface area contributed by atoms with Gasteiger partial charge in [-0.3, -0.25) is 9.88 Å². The normalized spacial score (nSPS) is 20.4. The summed E-state index contributed by atoms with van der Waals surface area (Å²) < 4.78 is 0. The number of nitrogens with zero attached hydrogens (tertiary/aromatic N) is 2. The van der Waals surface area contributed by atoms with Gasteiger partial charge in [-0.2, -0.15) is 35.3 Å². The molecule has 0 unspecified atom stereocenters. The van der Waals surface area contributed by atoms with Crippen LogP contribution in [0.4, 0.5) is 0 Å². The maximum absolute atomic E-state index is 4.09. The quantitative estimate of drug-likeness (QED) is 0.831. The van der Waals surface area contributed by atoms with Crippen molar-refractivity contribution in [1.82, 2.24) is 9.88 Å². The molecule has 0 atom stereocenters. The fourth-order valence-corrected chi connectivity index (χ4v) is 5.22. The van der Waals surface area contributed by atoms with Gasteiger partial charge in [0.2, 0.25) is 0 Å². The predicted octanol–water partition coefficient (Wildman–Crippen LogP) is 3.10. The summed E-state index contributed by atoms with van der Waals surface area (Å²) >= 11 is 6.31. The van der Waals surface area contributed by atoms with E-state index in [4.69, 9.17) is 0 Å². The number of thioether (sulfide) groups is 3. The van der Waals surface area contributed by atoms with E-state index in [2.05, 4.69) is 57.3 Å². The molecule has 0 radical (unpaired) electrons. The van der Waals surface area contributed by atoms with E-state index in [9.17, 15) is 0 Å².